The summed E-state index contributed by atoms with van der Waals surface area (Å²) in [4.78, 5) is 15.2. The topological polar surface area (TPSA) is 64.8 Å². The zero-order valence-corrected chi connectivity index (χ0v) is 20.6. The van der Waals surface area contributed by atoms with E-state index in [4.69, 9.17) is 15.2 Å². The van der Waals surface area contributed by atoms with Crippen LogP contribution in [0.5, 0.6) is 5.75 Å². The minimum Gasteiger partial charge on any atom is -0.496 e. The van der Waals surface area contributed by atoms with Crippen molar-refractivity contribution in [2.24, 2.45) is 11.1 Å². The minimum absolute atomic E-state index is 0.00666. The van der Waals surface area contributed by atoms with Crippen molar-refractivity contribution in [3.8, 4) is 5.75 Å². The lowest BCUT2D eigenvalue weighted by atomic mass is 9.58. The quantitative estimate of drug-likeness (QED) is 0.591. The summed E-state index contributed by atoms with van der Waals surface area (Å²) in [6.45, 7) is 3.07. The molecule has 2 saturated heterocycles. The van der Waals surface area contributed by atoms with E-state index in [1.807, 2.05) is 36.6 Å². The van der Waals surface area contributed by atoms with Gasteiger partial charge in [0.1, 0.15) is 5.75 Å². The van der Waals surface area contributed by atoms with Gasteiger partial charge in [0.15, 0.2) is 0 Å². The summed E-state index contributed by atoms with van der Waals surface area (Å²) in [5.41, 5.74) is 5.75. The van der Waals surface area contributed by atoms with Crippen LogP contribution >= 0.6 is 11.8 Å². The van der Waals surface area contributed by atoms with Gasteiger partial charge in [0.2, 0.25) is 0 Å². The van der Waals surface area contributed by atoms with E-state index in [9.17, 15) is 18.0 Å². The number of carbonyl (C=O) groups is 1. The molecule has 9 heteroatoms. The molecular formula is C26H29F3N2O3S. The van der Waals surface area contributed by atoms with Gasteiger partial charge in [-0.3, -0.25) is 9.69 Å². The van der Waals surface area contributed by atoms with Crippen LogP contribution in [0.2, 0.25) is 0 Å². The molecule has 0 radical (unpaired) electrons. The van der Waals surface area contributed by atoms with Crippen molar-refractivity contribution in [2.45, 2.75) is 35.7 Å². The fourth-order valence-electron chi connectivity index (χ4n) is 6.28. The van der Waals surface area contributed by atoms with E-state index in [0.717, 1.165) is 50.0 Å². The van der Waals surface area contributed by atoms with Gasteiger partial charge in [-0.2, -0.15) is 13.2 Å². The summed E-state index contributed by atoms with van der Waals surface area (Å²) in [7, 11) is 1.27. The summed E-state index contributed by atoms with van der Waals surface area (Å²) in [5, 5.41) is 0. The molecule has 0 aromatic heterocycles. The van der Waals surface area contributed by atoms with Gasteiger partial charge in [0, 0.05) is 24.0 Å². The molecule has 5 nitrogen and oxygen atoms in total. The Balaban J connectivity index is 1.80. The predicted octanol–water partition coefficient (Wildman–Crippen LogP) is 4.67. The number of hydrogen-bond acceptors (Lipinski definition) is 5. The maximum Gasteiger partial charge on any atom is 0.416 e. The molecule has 1 atom stereocenters. The van der Waals surface area contributed by atoms with Crippen molar-refractivity contribution < 1.29 is 27.4 Å². The molecule has 188 valence electrons. The Morgan fingerprint density at radius 1 is 1.11 bits per heavy atom. The molecular weight excluding hydrogens is 477 g/mol. The number of benzene rings is 2. The zero-order chi connectivity index (χ0) is 25.1. The predicted molar refractivity (Wildman–Crippen MR) is 129 cm³/mol. The maximum absolute atomic E-state index is 14.1. The van der Waals surface area contributed by atoms with Crippen molar-refractivity contribution >= 4 is 17.7 Å². The normalized spacial score (nSPS) is 22.4. The molecule has 35 heavy (non-hydrogen) atoms. The molecule has 3 fully saturated rings. The number of likely N-dealkylation sites (tertiary alicyclic amines) is 1. The first-order valence-electron chi connectivity index (χ1n) is 11.7. The van der Waals surface area contributed by atoms with E-state index in [0.29, 0.717) is 13.2 Å². The number of amides is 1. The van der Waals surface area contributed by atoms with Gasteiger partial charge in [0.05, 0.1) is 36.2 Å². The van der Waals surface area contributed by atoms with E-state index >= 15 is 0 Å². The first-order valence-corrected chi connectivity index (χ1v) is 12.9. The fraction of sp³-hybridized carbons (Fsp3) is 0.500. The second-order valence-corrected chi connectivity index (χ2v) is 11.0. The van der Waals surface area contributed by atoms with Crippen molar-refractivity contribution in [3.05, 3.63) is 64.7 Å². The molecule has 1 amide bonds. The fourth-order valence-corrected chi connectivity index (χ4v) is 7.75. The lowest BCUT2D eigenvalue weighted by molar-refractivity contribution is -0.228. The molecule has 1 unspecified atom stereocenters. The number of nitrogens with two attached hydrogens (primary N) is 1. The molecule has 2 aromatic rings. The van der Waals surface area contributed by atoms with Crippen LogP contribution in [-0.4, -0.2) is 56.0 Å². The van der Waals surface area contributed by atoms with Crippen LogP contribution in [-0.2, 0) is 15.7 Å². The van der Waals surface area contributed by atoms with E-state index < -0.39 is 27.9 Å². The highest BCUT2D eigenvalue weighted by Crippen LogP contribution is 2.64. The van der Waals surface area contributed by atoms with Crippen molar-refractivity contribution in [1.29, 1.82) is 0 Å². The Hall–Kier alpha value is -2.23. The summed E-state index contributed by atoms with van der Waals surface area (Å²) in [5.74, 6) is -0.958. The largest absolute Gasteiger partial charge is 0.496 e. The maximum atomic E-state index is 14.1. The van der Waals surface area contributed by atoms with Gasteiger partial charge in [-0.15, -0.1) is 11.8 Å². The molecule has 0 bridgehead atoms. The highest BCUT2D eigenvalue weighted by molar-refractivity contribution is 7.99. The van der Waals surface area contributed by atoms with E-state index in [1.54, 1.807) is 0 Å². The number of ether oxygens (including phenoxy) is 2. The van der Waals surface area contributed by atoms with Gasteiger partial charge in [0.25, 0.3) is 5.91 Å². The second-order valence-electron chi connectivity index (χ2n) is 9.95. The van der Waals surface area contributed by atoms with Crippen LogP contribution in [0.4, 0.5) is 13.2 Å². The van der Waals surface area contributed by atoms with Crippen LogP contribution in [0.25, 0.3) is 0 Å². The van der Waals surface area contributed by atoms with Crippen molar-refractivity contribution in [3.63, 3.8) is 0 Å². The Morgan fingerprint density at radius 3 is 2.20 bits per heavy atom. The van der Waals surface area contributed by atoms with Crippen LogP contribution < -0.4 is 10.5 Å². The van der Waals surface area contributed by atoms with Gasteiger partial charge < -0.3 is 15.2 Å². The number of halogens is 3. The van der Waals surface area contributed by atoms with Crippen LogP contribution in [0.1, 0.15) is 46.3 Å². The average molecular weight is 507 g/mol. The first-order chi connectivity index (χ1) is 16.6. The highest BCUT2D eigenvalue weighted by atomic mass is 32.2. The average Bonchev–Trinajstić information content (AvgIpc) is 2.74. The third-order valence-corrected chi connectivity index (χ3v) is 9.52. The smallest absolute Gasteiger partial charge is 0.416 e. The van der Waals surface area contributed by atoms with E-state index in [-0.39, 0.29) is 22.3 Å². The minimum atomic E-state index is -4.62. The Morgan fingerprint density at radius 2 is 1.77 bits per heavy atom. The monoisotopic (exact) mass is 506 g/mol. The summed E-state index contributed by atoms with van der Waals surface area (Å²) in [6, 6.07) is 11.5. The number of methoxy groups -OCH3 is 1. The molecule has 2 N–H and O–H groups in total. The molecule has 2 aliphatic heterocycles. The number of primary amides is 1. The van der Waals surface area contributed by atoms with E-state index in [2.05, 4.69) is 4.90 Å². The third-order valence-electron chi connectivity index (χ3n) is 8.07. The second kappa shape index (κ2) is 8.42. The third kappa shape index (κ3) is 3.49. The van der Waals surface area contributed by atoms with E-state index in [1.165, 1.54) is 18.9 Å². The number of alkyl halides is 3. The number of rotatable bonds is 7. The van der Waals surface area contributed by atoms with Gasteiger partial charge in [-0.1, -0.05) is 30.3 Å². The van der Waals surface area contributed by atoms with Crippen LogP contribution in [0.15, 0.2) is 42.5 Å². The number of thioether (sulfide) groups is 1. The Bertz CT molecular complexity index is 1120. The molecule has 1 aliphatic carbocycles. The van der Waals surface area contributed by atoms with Gasteiger partial charge in [-0.05, 0) is 48.8 Å². The molecule has 3 aliphatic rings. The lowest BCUT2D eigenvalue weighted by Gasteiger charge is -2.69. The number of hydrogen-bond donors (Lipinski definition) is 1. The number of nitrogens with zero attached hydrogens (tertiary/aromatic N) is 1. The SMILES string of the molecule is COc1cc(C(F)(F)F)cc(C(SC)(c2ccccc2)C2(N3CC4(COC4)C3)CCC2)c1C(N)=O. The first kappa shape index (κ1) is 24.5. The molecule has 2 heterocycles. The lowest BCUT2D eigenvalue weighted by Crippen LogP contribution is -2.77. The molecule has 1 saturated carbocycles. The van der Waals surface area contributed by atoms with Gasteiger partial charge in [-0.25, -0.2) is 0 Å². The molecule has 2 aromatic carbocycles. The Labute approximate surface area is 207 Å². The number of carbonyl (C=O) groups excluding carboxylic acids is 1. The highest BCUT2D eigenvalue weighted by Gasteiger charge is 2.66. The zero-order valence-electron chi connectivity index (χ0n) is 19.8. The van der Waals surface area contributed by atoms with Gasteiger partial charge >= 0.3 is 6.18 Å². The summed E-state index contributed by atoms with van der Waals surface area (Å²) >= 11 is 1.48. The standard InChI is InChI=1S/C26H29F3N2O3S/c1-33-20-12-18(26(27,28)29)11-19(21(20)22(30)32)25(35-2,17-7-4-3-5-8-17)24(9-6-10-24)31-13-23(14-31)15-34-16-23/h3-5,7-8,11-12H,6,9-10,13-16H2,1-2H3,(H2,30,32). The summed E-state index contributed by atoms with van der Waals surface area (Å²) < 4.78 is 52.1. The van der Waals surface area contributed by atoms with Crippen LogP contribution in [0.3, 0.4) is 0 Å². The van der Waals surface area contributed by atoms with Crippen LogP contribution in [0, 0.1) is 5.41 Å². The van der Waals surface area contributed by atoms with Crippen molar-refractivity contribution in [1.82, 2.24) is 4.90 Å². The Kier molecular flexibility index (Phi) is 5.89. The molecule has 1 spiro atoms. The summed E-state index contributed by atoms with van der Waals surface area (Å²) in [6.07, 6.45) is -0.146. The molecule has 5 rings (SSSR count). The van der Waals surface area contributed by atoms with Crippen molar-refractivity contribution in [2.75, 3.05) is 39.7 Å².